The summed E-state index contributed by atoms with van der Waals surface area (Å²) in [5, 5.41) is 10.1. The minimum absolute atomic E-state index is 0.0536. The Hall–Kier alpha value is -1.69. The molecule has 0 unspecified atom stereocenters. The van der Waals surface area contributed by atoms with Crippen LogP contribution in [0.15, 0.2) is 41.1 Å². The molecule has 4 nitrogen and oxygen atoms in total. The van der Waals surface area contributed by atoms with Crippen LogP contribution < -0.4 is 10.6 Å². The van der Waals surface area contributed by atoms with Gasteiger partial charge in [-0.2, -0.15) is 11.3 Å². The SMILES string of the molecule is O=C(Nc1ccsc1)c1ccc(CN2CCNCC2)cc1. The highest BCUT2D eigenvalue weighted by Crippen LogP contribution is 2.14. The average Bonchev–Trinajstić information content (AvgIpc) is 3.02. The predicted octanol–water partition coefficient (Wildman–Crippen LogP) is 2.41. The van der Waals surface area contributed by atoms with Gasteiger partial charge in [0.25, 0.3) is 5.91 Å². The van der Waals surface area contributed by atoms with E-state index in [-0.39, 0.29) is 5.91 Å². The Balaban J connectivity index is 1.59. The van der Waals surface area contributed by atoms with Crippen LogP contribution in [-0.4, -0.2) is 37.0 Å². The van der Waals surface area contributed by atoms with Gasteiger partial charge in [0.15, 0.2) is 0 Å². The van der Waals surface area contributed by atoms with Crippen molar-refractivity contribution in [2.45, 2.75) is 6.54 Å². The summed E-state index contributed by atoms with van der Waals surface area (Å²) >= 11 is 1.57. The van der Waals surface area contributed by atoms with E-state index in [9.17, 15) is 4.79 Å². The van der Waals surface area contributed by atoms with Crippen molar-refractivity contribution in [3.05, 3.63) is 52.2 Å². The molecule has 1 aliphatic rings. The molecular weight excluding hydrogens is 282 g/mol. The standard InChI is InChI=1S/C16H19N3OS/c20-16(18-15-5-10-21-12-15)14-3-1-13(2-4-14)11-19-8-6-17-7-9-19/h1-5,10,12,17H,6-9,11H2,(H,18,20). The van der Waals surface area contributed by atoms with Crippen molar-refractivity contribution < 1.29 is 4.79 Å². The van der Waals surface area contributed by atoms with Crippen molar-refractivity contribution in [3.63, 3.8) is 0 Å². The Morgan fingerprint density at radius 3 is 2.62 bits per heavy atom. The van der Waals surface area contributed by atoms with E-state index in [4.69, 9.17) is 0 Å². The summed E-state index contributed by atoms with van der Waals surface area (Å²) in [5.74, 6) is -0.0536. The van der Waals surface area contributed by atoms with Crippen LogP contribution in [0, 0.1) is 0 Å². The monoisotopic (exact) mass is 301 g/mol. The molecule has 21 heavy (non-hydrogen) atoms. The molecule has 2 heterocycles. The summed E-state index contributed by atoms with van der Waals surface area (Å²) in [6, 6.07) is 9.80. The number of nitrogens with zero attached hydrogens (tertiary/aromatic N) is 1. The normalized spacial score (nSPS) is 15.8. The van der Waals surface area contributed by atoms with Crippen molar-refractivity contribution in [1.29, 1.82) is 0 Å². The first-order valence-corrected chi connectivity index (χ1v) is 8.11. The van der Waals surface area contributed by atoms with Gasteiger partial charge in [-0.05, 0) is 29.1 Å². The van der Waals surface area contributed by atoms with Crippen molar-refractivity contribution in [1.82, 2.24) is 10.2 Å². The molecule has 0 radical (unpaired) electrons. The smallest absolute Gasteiger partial charge is 0.255 e. The predicted molar refractivity (Wildman–Crippen MR) is 86.9 cm³/mol. The fourth-order valence-corrected chi connectivity index (χ4v) is 3.02. The van der Waals surface area contributed by atoms with Crippen molar-refractivity contribution in [3.8, 4) is 0 Å². The van der Waals surface area contributed by atoms with Crippen LogP contribution >= 0.6 is 11.3 Å². The highest BCUT2D eigenvalue weighted by atomic mass is 32.1. The van der Waals surface area contributed by atoms with E-state index >= 15 is 0 Å². The summed E-state index contributed by atoms with van der Waals surface area (Å²) in [7, 11) is 0. The van der Waals surface area contributed by atoms with Gasteiger partial charge in [-0.25, -0.2) is 0 Å². The van der Waals surface area contributed by atoms with E-state index < -0.39 is 0 Å². The molecule has 1 fully saturated rings. The molecular formula is C16H19N3OS. The first kappa shape index (κ1) is 14.3. The number of hydrogen-bond donors (Lipinski definition) is 2. The zero-order valence-electron chi connectivity index (χ0n) is 11.8. The summed E-state index contributed by atoms with van der Waals surface area (Å²) < 4.78 is 0. The lowest BCUT2D eigenvalue weighted by atomic mass is 10.1. The molecule has 3 rings (SSSR count). The molecule has 110 valence electrons. The Bertz CT molecular complexity index is 574. The van der Waals surface area contributed by atoms with E-state index in [0.29, 0.717) is 5.56 Å². The van der Waals surface area contributed by atoms with Crippen LogP contribution in [0.25, 0.3) is 0 Å². The number of anilines is 1. The van der Waals surface area contributed by atoms with Crippen LogP contribution in [0.5, 0.6) is 0 Å². The van der Waals surface area contributed by atoms with E-state index in [1.165, 1.54) is 5.56 Å². The van der Waals surface area contributed by atoms with Crippen LogP contribution in [0.2, 0.25) is 0 Å². The first-order valence-electron chi connectivity index (χ1n) is 7.17. The van der Waals surface area contributed by atoms with Crippen LogP contribution in [-0.2, 0) is 6.54 Å². The van der Waals surface area contributed by atoms with Crippen molar-refractivity contribution in [2.24, 2.45) is 0 Å². The van der Waals surface area contributed by atoms with Gasteiger partial charge in [0.1, 0.15) is 0 Å². The Labute approximate surface area is 128 Å². The molecule has 1 aromatic carbocycles. The number of amides is 1. The number of rotatable bonds is 4. The Kier molecular flexibility index (Phi) is 4.65. The summed E-state index contributed by atoms with van der Waals surface area (Å²) in [4.78, 5) is 14.5. The number of hydrogen-bond acceptors (Lipinski definition) is 4. The average molecular weight is 301 g/mol. The van der Waals surface area contributed by atoms with Crippen LogP contribution in [0.3, 0.4) is 0 Å². The van der Waals surface area contributed by atoms with Crippen molar-refractivity contribution >= 4 is 22.9 Å². The summed E-state index contributed by atoms with van der Waals surface area (Å²) in [6.07, 6.45) is 0. The molecule has 1 aliphatic heterocycles. The van der Waals surface area contributed by atoms with Gasteiger partial charge in [0, 0.05) is 43.7 Å². The lowest BCUT2D eigenvalue weighted by Crippen LogP contribution is -2.42. The third kappa shape index (κ3) is 3.91. The van der Waals surface area contributed by atoms with Gasteiger partial charge in [0.05, 0.1) is 5.69 Å². The second-order valence-corrected chi connectivity index (χ2v) is 5.97. The highest BCUT2D eigenvalue weighted by Gasteiger charge is 2.11. The first-order chi connectivity index (χ1) is 10.3. The Morgan fingerprint density at radius 1 is 1.19 bits per heavy atom. The van der Waals surface area contributed by atoms with E-state index in [0.717, 1.165) is 38.4 Å². The van der Waals surface area contributed by atoms with E-state index in [1.807, 2.05) is 41.1 Å². The number of piperazine rings is 1. The fourth-order valence-electron chi connectivity index (χ4n) is 2.43. The van der Waals surface area contributed by atoms with Crippen LogP contribution in [0.1, 0.15) is 15.9 Å². The number of nitrogens with one attached hydrogen (secondary N) is 2. The maximum atomic E-state index is 12.1. The second-order valence-electron chi connectivity index (χ2n) is 5.19. The molecule has 5 heteroatoms. The largest absolute Gasteiger partial charge is 0.321 e. The molecule has 0 saturated carbocycles. The lowest BCUT2D eigenvalue weighted by molar-refractivity contribution is 0.102. The van der Waals surface area contributed by atoms with Gasteiger partial charge in [-0.15, -0.1) is 0 Å². The molecule has 2 N–H and O–H groups in total. The lowest BCUT2D eigenvalue weighted by Gasteiger charge is -2.27. The minimum Gasteiger partial charge on any atom is -0.321 e. The molecule has 1 saturated heterocycles. The maximum absolute atomic E-state index is 12.1. The number of thiophene rings is 1. The number of benzene rings is 1. The highest BCUT2D eigenvalue weighted by molar-refractivity contribution is 7.08. The van der Waals surface area contributed by atoms with Gasteiger partial charge >= 0.3 is 0 Å². The van der Waals surface area contributed by atoms with Crippen molar-refractivity contribution in [2.75, 3.05) is 31.5 Å². The third-order valence-electron chi connectivity index (χ3n) is 3.61. The van der Waals surface area contributed by atoms with E-state index in [1.54, 1.807) is 11.3 Å². The topological polar surface area (TPSA) is 44.4 Å². The molecule has 0 spiro atoms. The third-order valence-corrected chi connectivity index (χ3v) is 4.29. The molecule has 0 atom stereocenters. The minimum atomic E-state index is -0.0536. The van der Waals surface area contributed by atoms with Crippen LogP contribution in [0.4, 0.5) is 5.69 Å². The fraction of sp³-hybridized carbons (Fsp3) is 0.312. The molecule has 2 aromatic rings. The molecule has 1 amide bonds. The zero-order chi connectivity index (χ0) is 14.5. The maximum Gasteiger partial charge on any atom is 0.255 e. The van der Waals surface area contributed by atoms with Gasteiger partial charge in [0.2, 0.25) is 0 Å². The summed E-state index contributed by atoms with van der Waals surface area (Å²) in [6.45, 7) is 5.23. The molecule has 1 aromatic heterocycles. The quantitative estimate of drug-likeness (QED) is 0.911. The van der Waals surface area contributed by atoms with E-state index in [2.05, 4.69) is 15.5 Å². The second kappa shape index (κ2) is 6.85. The summed E-state index contributed by atoms with van der Waals surface area (Å²) in [5.41, 5.74) is 2.81. The molecule has 0 bridgehead atoms. The molecule has 0 aliphatic carbocycles. The number of carbonyl (C=O) groups excluding carboxylic acids is 1. The Morgan fingerprint density at radius 2 is 1.95 bits per heavy atom. The zero-order valence-corrected chi connectivity index (χ0v) is 12.7. The van der Waals surface area contributed by atoms with Gasteiger partial charge < -0.3 is 10.6 Å². The number of carbonyl (C=O) groups is 1. The van der Waals surface area contributed by atoms with Gasteiger partial charge in [-0.3, -0.25) is 9.69 Å². The van der Waals surface area contributed by atoms with Gasteiger partial charge in [-0.1, -0.05) is 12.1 Å².